The number of carbonyl (C=O) groups excluding carboxylic acids is 1. The van der Waals surface area contributed by atoms with E-state index in [2.05, 4.69) is 17.6 Å². The molecule has 118 valence electrons. The van der Waals surface area contributed by atoms with Crippen LogP contribution in [-0.2, 0) is 7.05 Å². The summed E-state index contributed by atoms with van der Waals surface area (Å²) >= 11 is 0. The number of nitrogens with one attached hydrogen (secondary N) is 2. The number of hydrogen-bond acceptors (Lipinski definition) is 4. The Morgan fingerprint density at radius 1 is 1.48 bits per heavy atom. The second-order valence-corrected chi connectivity index (χ2v) is 5.40. The van der Waals surface area contributed by atoms with Crippen LogP contribution >= 0.6 is 12.4 Å². The second kappa shape index (κ2) is 6.91. The van der Waals surface area contributed by atoms with Crippen LogP contribution in [0.15, 0.2) is 12.1 Å². The Kier molecular flexibility index (Phi) is 5.74. The largest absolute Gasteiger partial charge is 0.358 e. The van der Waals surface area contributed by atoms with E-state index < -0.39 is 4.92 Å². The van der Waals surface area contributed by atoms with Gasteiger partial charge in [0.25, 0.3) is 5.91 Å². The van der Waals surface area contributed by atoms with Crippen LogP contribution in [0.2, 0.25) is 0 Å². The third-order valence-corrected chi connectivity index (χ3v) is 4.03. The van der Waals surface area contributed by atoms with E-state index in [9.17, 15) is 14.9 Å². The van der Waals surface area contributed by atoms with Crippen LogP contribution in [0.4, 0.5) is 5.82 Å². The maximum atomic E-state index is 12.3. The average molecular weight is 317 g/mol. The van der Waals surface area contributed by atoms with Gasteiger partial charge in [0.2, 0.25) is 0 Å². The van der Waals surface area contributed by atoms with E-state index in [0.29, 0.717) is 11.6 Å². The summed E-state index contributed by atoms with van der Waals surface area (Å²) in [5, 5.41) is 17.1. The Bertz CT molecular complexity index is 521. The zero-order chi connectivity index (χ0) is 14.9. The Balaban J connectivity index is 0.00000220. The molecule has 1 fully saturated rings. The van der Waals surface area contributed by atoms with Crippen molar-refractivity contribution in [3.63, 3.8) is 0 Å². The van der Waals surface area contributed by atoms with Crippen molar-refractivity contribution in [1.29, 1.82) is 0 Å². The van der Waals surface area contributed by atoms with Gasteiger partial charge in [0.1, 0.15) is 0 Å². The number of aromatic nitrogens is 1. The van der Waals surface area contributed by atoms with E-state index in [1.165, 1.54) is 23.7 Å². The molecule has 0 aromatic carbocycles. The first kappa shape index (κ1) is 17.5. The molecule has 1 aliphatic heterocycles. The van der Waals surface area contributed by atoms with Crippen molar-refractivity contribution in [3.05, 3.63) is 27.9 Å². The fourth-order valence-electron chi connectivity index (χ4n) is 2.74. The molecule has 3 atom stereocenters. The number of hydrogen-bond donors (Lipinski definition) is 2. The second-order valence-electron chi connectivity index (χ2n) is 5.40. The number of piperidine rings is 1. The quantitative estimate of drug-likeness (QED) is 0.653. The molecule has 0 bridgehead atoms. The van der Waals surface area contributed by atoms with Gasteiger partial charge in [0, 0.05) is 18.2 Å². The standard InChI is InChI=1S/C13H20N4O3.ClH/c1-8-6-7-14-9(2)12(8)15-13(18)10-4-5-11(16(10)3)17(19)20;/h4-5,8-9,12,14H,6-7H2,1-3H3,(H,15,18);1H. The Hall–Kier alpha value is -1.60. The molecule has 3 unspecified atom stereocenters. The molecule has 2 rings (SSSR count). The minimum atomic E-state index is -0.496. The smallest absolute Gasteiger partial charge is 0.323 e. The molecular weight excluding hydrogens is 296 g/mol. The van der Waals surface area contributed by atoms with Gasteiger partial charge < -0.3 is 20.7 Å². The fraction of sp³-hybridized carbons (Fsp3) is 0.615. The van der Waals surface area contributed by atoms with Crippen molar-refractivity contribution in [2.75, 3.05) is 6.54 Å². The van der Waals surface area contributed by atoms with Crippen molar-refractivity contribution in [2.24, 2.45) is 13.0 Å². The van der Waals surface area contributed by atoms with Gasteiger partial charge in [-0.15, -0.1) is 12.4 Å². The zero-order valence-corrected chi connectivity index (χ0v) is 13.1. The summed E-state index contributed by atoms with van der Waals surface area (Å²) in [5.41, 5.74) is 0.307. The maximum absolute atomic E-state index is 12.3. The monoisotopic (exact) mass is 316 g/mol. The molecule has 1 amide bonds. The molecule has 0 radical (unpaired) electrons. The summed E-state index contributed by atoms with van der Waals surface area (Å²) in [7, 11) is 1.53. The molecule has 21 heavy (non-hydrogen) atoms. The molecule has 0 saturated carbocycles. The first-order valence-electron chi connectivity index (χ1n) is 6.76. The minimum absolute atomic E-state index is 0. The van der Waals surface area contributed by atoms with Crippen LogP contribution in [0, 0.1) is 16.0 Å². The molecule has 8 heteroatoms. The summed E-state index contributed by atoms with van der Waals surface area (Å²) in [6.07, 6.45) is 1.00. The molecule has 7 nitrogen and oxygen atoms in total. The van der Waals surface area contributed by atoms with Crippen molar-refractivity contribution in [2.45, 2.75) is 32.4 Å². The van der Waals surface area contributed by atoms with Crippen molar-refractivity contribution < 1.29 is 9.72 Å². The summed E-state index contributed by atoms with van der Waals surface area (Å²) in [4.78, 5) is 22.6. The zero-order valence-electron chi connectivity index (χ0n) is 12.3. The molecule has 2 heterocycles. The predicted molar refractivity (Wildman–Crippen MR) is 81.8 cm³/mol. The molecule has 1 aromatic rings. The van der Waals surface area contributed by atoms with Gasteiger partial charge in [-0.1, -0.05) is 6.92 Å². The van der Waals surface area contributed by atoms with Crippen LogP contribution < -0.4 is 10.6 Å². The number of halogens is 1. The van der Waals surface area contributed by atoms with Gasteiger partial charge in [0.15, 0.2) is 5.69 Å². The highest BCUT2D eigenvalue weighted by molar-refractivity contribution is 5.93. The fourth-order valence-corrected chi connectivity index (χ4v) is 2.74. The number of amides is 1. The lowest BCUT2D eigenvalue weighted by atomic mass is 9.89. The lowest BCUT2D eigenvalue weighted by Crippen LogP contribution is -2.56. The van der Waals surface area contributed by atoms with Crippen LogP contribution in [0.5, 0.6) is 0 Å². The average Bonchev–Trinajstić information content (AvgIpc) is 2.76. The van der Waals surface area contributed by atoms with Gasteiger partial charge in [-0.2, -0.15) is 0 Å². The maximum Gasteiger partial charge on any atom is 0.323 e. The van der Waals surface area contributed by atoms with Crippen LogP contribution in [0.3, 0.4) is 0 Å². The number of nitrogens with zero attached hydrogens (tertiary/aromatic N) is 2. The van der Waals surface area contributed by atoms with Crippen LogP contribution in [0.25, 0.3) is 0 Å². The van der Waals surface area contributed by atoms with E-state index in [-0.39, 0.29) is 36.2 Å². The molecule has 1 aromatic heterocycles. The SMILES string of the molecule is CC1CCNC(C)C1NC(=O)c1ccc([N+](=O)[O-])n1C.Cl. The normalized spacial score (nSPS) is 25.0. The number of rotatable bonds is 3. The van der Waals surface area contributed by atoms with E-state index >= 15 is 0 Å². The molecule has 0 spiro atoms. The number of nitro groups is 1. The van der Waals surface area contributed by atoms with Gasteiger partial charge in [0.05, 0.1) is 7.05 Å². The third kappa shape index (κ3) is 3.54. The van der Waals surface area contributed by atoms with E-state index in [1.54, 1.807) is 0 Å². The third-order valence-electron chi connectivity index (χ3n) is 4.03. The summed E-state index contributed by atoms with van der Waals surface area (Å²) in [5.74, 6) is 0.0245. The van der Waals surface area contributed by atoms with E-state index in [4.69, 9.17) is 0 Å². The van der Waals surface area contributed by atoms with Crippen molar-refractivity contribution in [1.82, 2.24) is 15.2 Å². The summed E-state index contributed by atoms with van der Waals surface area (Å²) < 4.78 is 1.31. The molecule has 1 aliphatic rings. The van der Waals surface area contributed by atoms with E-state index in [1.807, 2.05) is 6.92 Å². The molecular formula is C13H21ClN4O3. The minimum Gasteiger partial charge on any atom is -0.358 e. The molecule has 0 aliphatic carbocycles. The van der Waals surface area contributed by atoms with Crippen molar-refractivity contribution >= 4 is 24.1 Å². The highest BCUT2D eigenvalue weighted by Crippen LogP contribution is 2.19. The lowest BCUT2D eigenvalue weighted by Gasteiger charge is -2.35. The predicted octanol–water partition coefficient (Wildman–Crippen LogP) is 1.47. The van der Waals surface area contributed by atoms with Crippen molar-refractivity contribution in [3.8, 4) is 0 Å². The lowest BCUT2D eigenvalue weighted by molar-refractivity contribution is -0.391. The first-order valence-corrected chi connectivity index (χ1v) is 6.76. The first-order chi connectivity index (χ1) is 9.41. The molecule has 2 N–H and O–H groups in total. The Morgan fingerprint density at radius 2 is 2.14 bits per heavy atom. The van der Waals surface area contributed by atoms with Gasteiger partial charge in [-0.05, 0) is 36.8 Å². The Morgan fingerprint density at radius 3 is 2.67 bits per heavy atom. The highest BCUT2D eigenvalue weighted by atomic mass is 35.5. The van der Waals surface area contributed by atoms with E-state index in [0.717, 1.165) is 13.0 Å². The topological polar surface area (TPSA) is 89.2 Å². The summed E-state index contributed by atoms with van der Waals surface area (Å²) in [6.45, 7) is 5.09. The number of carbonyl (C=O) groups is 1. The van der Waals surface area contributed by atoms with Gasteiger partial charge in [-0.25, -0.2) is 4.57 Å². The van der Waals surface area contributed by atoms with Gasteiger partial charge in [-0.3, -0.25) is 4.79 Å². The highest BCUT2D eigenvalue weighted by Gasteiger charge is 2.30. The Labute approximate surface area is 129 Å². The van der Waals surface area contributed by atoms with Gasteiger partial charge >= 0.3 is 5.82 Å². The van der Waals surface area contributed by atoms with Crippen LogP contribution in [-0.4, -0.2) is 34.0 Å². The summed E-state index contributed by atoms with van der Waals surface area (Å²) in [6, 6.07) is 3.06. The molecule has 1 saturated heterocycles. The van der Waals surface area contributed by atoms with Crippen LogP contribution in [0.1, 0.15) is 30.8 Å².